The Bertz CT molecular complexity index is 384. The van der Waals surface area contributed by atoms with Gasteiger partial charge >= 0.3 is 11.9 Å². The smallest absolute Gasteiger partial charge is 0.330 e. The molecule has 1 fully saturated rings. The zero-order valence-corrected chi connectivity index (χ0v) is 11.3. The molecule has 0 bridgehead atoms. The number of aliphatic hydroxyl groups excluding tert-OH is 1. The van der Waals surface area contributed by atoms with Gasteiger partial charge < -0.3 is 20.1 Å². The summed E-state index contributed by atoms with van der Waals surface area (Å²) in [5.41, 5.74) is 0.533. The van der Waals surface area contributed by atoms with Gasteiger partial charge in [-0.15, -0.1) is 0 Å². The molecule has 114 valence electrons. The molecule has 0 saturated heterocycles. The predicted octanol–water partition coefficient (Wildman–Crippen LogP) is -0.885. The molecule has 8 heteroatoms. The second kappa shape index (κ2) is 7.93. The molecule has 0 aromatic rings. The van der Waals surface area contributed by atoms with Crippen LogP contribution in [-0.2, 0) is 14.3 Å². The number of hydrogen-bond acceptors (Lipinski definition) is 6. The summed E-state index contributed by atoms with van der Waals surface area (Å²) in [6, 6.07) is -1.67. The number of carboxylic acid groups (broad SMARTS) is 2. The van der Waals surface area contributed by atoms with Gasteiger partial charge in [-0.1, -0.05) is 0 Å². The number of rotatable bonds is 7. The third-order valence-electron chi connectivity index (χ3n) is 3.21. The molecule has 0 radical (unpaired) electrons. The van der Waals surface area contributed by atoms with Crippen molar-refractivity contribution in [3.8, 4) is 0 Å². The van der Waals surface area contributed by atoms with Crippen LogP contribution in [0.5, 0.6) is 0 Å². The van der Waals surface area contributed by atoms with Gasteiger partial charge in [0.05, 0.1) is 25.3 Å². The van der Waals surface area contributed by atoms with Crippen LogP contribution in [0.4, 0.5) is 0 Å². The molecule has 0 heterocycles. The highest BCUT2D eigenvalue weighted by Gasteiger charge is 2.31. The Kier molecular flexibility index (Phi) is 6.56. The van der Waals surface area contributed by atoms with Crippen molar-refractivity contribution in [1.29, 1.82) is 0 Å². The van der Waals surface area contributed by atoms with E-state index in [2.05, 4.69) is 10.3 Å². The molecule has 20 heavy (non-hydrogen) atoms. The van der Waals surface area contributed by atoms with E-state index in [1.807, 2.05) is 0 Å². The lowest BCUT2D eigenvalue weighted by Gasteiger charge is -2.32. The number of ether oxygens (including phenoxy) is 1. The molecule has 2 unspecified atom stereocenters. The summed E-state index contributed by atoms with van der Waals surface area (Å²) in [7, 11) is 1.52. The summed E-state index contributed by atoms with van der Waals surface area (Å²) in [4.78, 5) is 25.6. The number of aliphatic hydroxyl groups is 1. The van der Waals surface area contributed by atoms with Gasteiger partial charge in [0, 0.05) is 12.8 Å². The third-order valence-corrected chi connectivity index (χ3v) is 3.21. The average Bonchev–Trinajstić information content (AvgIpc) is 2.42. The molecule has 1 saturated carbocycles. The average molecular weight is 288 g/mol. The van der Waals surface area contributed by atoms with E-state index in [1.165, 1.54) is 7.11 Å². The maximum Gasteiger partial charge on any atom is 0.330 e. The van der Waals surface area contributed by atoms with Gasteiger partial charge in [-0.25, -0.2) is 4.79 Å². The fourth-order valence-corrected chi connectivity index (χ4v) is 2.24. The molecule has 1 rings (SSSR count). The van der Waals surface area contributed by atoms with Crippen molar-refractivity contribution in [2.75, 3.05) is 20.3 Å². The molecule has 0 aromatic heterocycles. The molecule has 4 N–H and O–H groups in total. The van der Waals surface area contributed by atoms with Crippen LogP contribution in [0.1, 0.15) is 19.3 Å². The summed E-state index contributed by atoms with van der Waals surface area (Å²) in [5.74, 6) is -2.22. The van der Waals surface area contributed by atoms with Crippen molar-refractivity contribution in [3.63, 3.8) is 0 Å². The van der Waals surface area contributed by atoms with Crippen molar-refractivity contribution < 1.29 is 29.6 Å². The van der Waals surface area contributed by atoms with E-state index in [4.69, 9.17) is 20.1 Å². The Morgan fingerprint density at radius 2 is 2.20 bits per heavy atom. The van der Waals surface area contributed by atoms with E-state index in [0.717, 1.165) is 12.8 Å². The fourth-order valence-electron chi connectivity index (χ4n) is 2.24. The molecule has 1 aliphatic rings. The Hall–Kier alpha value is -1.51. The number of methoxy groups -OCH3 is 1. The van der Waals surface area contributed by atoms with Gasteiger partial charge in [-0.3, -0.25) is 15.1 Å². The van der Waals surface area contributed by atoms with E-state index in [0.29, 0.717) is 12.1 Å². The maximum atomic E-state index is 10.9. The minimum atomic E-state index is -1.23. The molecule has 1 aliphatic carbocycles. The first kappa shape index (κ1) is 16.5. The van der Waals surface area contributed by atoms with Gasteiger partial charge in [0.1, 0.15) is 0 Å². The van der Waals surface area contributed by atoms with Gasteiger partial charge in [-0.05, 0) is 19.3 Å². The highest BCUT2D eigenvalue weighted by Crippen LogP contribution is 2.20. The van der Waals surface area contributed by atoms with Crippen LogP contribution >= 0.6 is 0 Å². The van der Waals surface area contributed by atoms with Crippen molar-refractivity contribution in [1.82, 2.24) is 5.32 Å². The molecule has 3 atom stereocenters. The quantitative estimate of drug-likeness (QED) is 0.478. The van der Waals surface area contributed by atoms with E-state index >= 15 is 0 Å². The van der Waals surface area contributed by atoms with Crippen LogP contribution in [0.15, 0.2) is 4.99 Å². The molecular weight excluding hydrogens is 268 g/mol. The zero-order chi connectivity index (χ0) is 15.1. The molecule has 0 spiro atoms. The fraction of sp³-hybridized carbons (Fsp3) is 0.750. The molecule has 0 amide bonds. The molecule has 8 nitrogen and oxygen atoms in total. The largest absolute Gasteiger partial charge is 0.480 e. The van der Waals surface area contributed by atoms with Crippen LogP contribution in [0.25, 0.3) is 0 Å². The van der Waals surface area contributed by atoms with Crippen LogP contribution in [-0.4, -0.2) is 71.4 Å². The van der Waals surface area contributed by atoms with Crippen molar-refractivity contribution >= 4 is 17.7 Å². The minimum absolute atomic E-state index is 0.255. The number of carbonyl (C=O) groups is 2. The topological polar surface area (TPSA) is 128 Å². The lowest BCUT2D eigenvalue weighted by molar-refractivity contribution is -0.139. The van der Waals surface area contributed by atoms with Gasteiger partial charge in [-0.2, -0.15) is 0 Å². The Labute approximate surface area is 116 Å². The van der Waals surface area contributed by atoms with Crippen molar-refractivity contribution in [3.05, 3.63) is 0 Å². The monoisotopic (exact) mass is 288 g/mol. The lowest BCUT2D eigenvalue weighted by Crippen LogP contribution is -2.51. The Morgan fingerprint density at radius 3 is 2.70 bits per heavy atom. The van der Waals surface area contributed by atoms with Gasteiger partial charge in [0.25, 0.3) is 0 Å². The van der Waals surface area contributed by atoms with Crippen LogP contribution in [0.3, 0.4) is 0 Å². The number of nitrogens with one attached hydrogen (secondary N) is 1. The molecule has 0 aromatic carbocycles. The zero-order valence-electron chi connectivity index (χ0n) is 11.3. The van der Waals surface area contributed by atoms with E-state index < -0.39 is 30.6 Å². The minimum Gasteiger partial charge on any atom is -0.480 e. The third kappa shape index (κ3) is 4.55. The van der Waals surface area contributed by atoms with Crippen LogP contribution in [0.2, 0.25) is 0 Å². The SMILES string of the molecule is COC1CCCC(=N[C@@H](CO)C(=O)O)C1NCC(=O)O. The summed E-state index contributed by atoms with van der Waals surface area (Å²) in [6.45, 7) is -0.859. The van der Waals surface area contributed by atoms with Crippen molar-refractivity contribution in [2.24, 2.45) is 4.99 Å². The summed E-state index contributed by atoms with van der Waals surface area (Å²) in [6.07, 6.45) is 1.82. The summed E-state index contributed by atoms with van der Waals surface area (Å²) < 4.78 is 5.30. The highest BCUT2D eigenvalue weighted by molar-refractivity contribution is 5.93. The second-order valence-corrected chi connectivity index (χ2v) is 4.58. The summed E-state index contributed by atoms with van der Waals surface area (Å²) >= 11 is 0. The first-order valence-electron chi connectivity index (χ1n) is 6.37. The van der Waals surface area contributed by atoms with Crippen molar-refractivity contribution in [2.45, 2.75) is 37.5 Å². The predicted molar refractivity (Wildman–Crippen MR) is 70.0 cm³/mol. The number of hydrogen-bond donors (Lipinski definition) is 4. The number of nitrogens with zero attached hydrogens (tertiary/aromatic N) is 1. The Balaban J connectivity index is 2.89. The molecule has 0 aliphatic heterocycles. The van der Waals surface area contributed by atoms with Crippen LogP contribution < -0.4 is 5.32 Å². The number of aliphatic carboxylic acids is 2. The number of carboxylic acids is 2. The van der Waals surface area contributed by atoms with E-state index in [-0.39, 0.29) is 12.6 Å². The van der Waals surface area contributed by atoms with Crippen LogP contribution in [0, 0.1) is 0 Å². The van der Waals surface area contributed by atoms with E-state index in [1.54, 1.807) is 0 Å². The lowest BCUT2D eigenvalue weighted by atomic mass is 9.90. The normalized spacial score (nSPS) is 26.4. The number of aliphatic imine (C=N–C) groups is 1. The van der Waals surface area contributed by atoms with E-state index in [9.17, 15) is 9.59 Å². The highest BCUT2D eigenvalue weighted by atomic mass is 16.5. The maximum absolute atomic E-state index is 10.9. The second-order valence-electron chi connectivity index (χ2n) is 4.58. The summed E-state index contributed by atoms with van der Waals surface area (Å²) in [5, 5.41) is 29.5. The first-order valence-corrected chi connectivity index (χ1v) is 6.37. The first-order chi connectivity index (χ1) is 9.49. The van der Waals surface area contributed by atoms with Gasteiger partial charge in [0.15, 0.2) is 6.04 Å². The molecular formula is C12H20N2O6. The van der Waals surface area contributed by atoms with Gasteiger partial charge in [0.2, 0.25) is 0 Å². The standard InChI is InChI=1S/C12H20N2O6/c1-20-9-4-2-3-7(11(9)13-5-10(16)17)14-8(6-15)12(18)19/h8-9,11,13,15H,2-6H2,1H3,(H,16,17)(H,18,19)/t8-,9?,11?/m0/s1. The Morgan fingerprint density at radius 1 is 1.50 bits per heavy atom.